The second kappa shape index (κ2) is 5.65. The Bertz CT molecular complexity index is 358. The molecule has 1 aromatic heterocycles. The summed E-state index contributed by atoms with van der Waals surface area (Å²) in [5.74, 6) is 0. The summed E-state index contributed by atoms with van der Waals surface area (Å²) in [5.41, 5.74) is 2.48. The zero-order valence-corrected chi connectivity index (χ0v) is 11.2. The van der Waals surface area contributed by atoms with E-state index < -0.39 is 0 Å². The maximum absolute atomic E-state index is 4.51. The van der Waals surface area contributed by atoms with Crippen molar-refractivity contribution < 1.29 is 0 Å². The van der Waals surface area contributed by atoms with Crippen molar-refractivity contribution in [1.82, 2.24) is 20.0 Å². The van der Waals surface area contributed by atoms with Crippen LogP contribution in [0.4, 0.5) is 0 Å². The summed E-state index contributed by atoms with van der Waals surface area (Å²) >= 11 is 0. The summed E-state index contributed by atoms with van der Waals surface area (Å²) < 4.78 is 2.12. The van der Waals surface area contributed by atoms with E-state index in [2.05, 4.69) is 47.0 Å². The third kappa shape index (κ3) is 3.07. The van der Waals surface area contributed by atoms with Gasteiger partial charge >= 0.3 is 0 Å². The van der Waals surface area contributed by atoms with Crippen LogP contribution in [-0.4, -0.2) is 40.9 Å². The van der Waals surface area contributed by atoms with E-state index >= 15 is 0 Å². The van der Waals surface area contributed by atoms with Gasteiger partial charge in [0.15, 0.2) is 0 Å². The van der Waals surface area contributed by atoms with Gasteiger partial charge in [0.25, 0.3) is 0 Å². The van der Waals surface area contributed by atoms with Crippen molar-refractivity contribution >= 4 is 0 Å². The molecule has 1 unspecified atom stereocenters. The number of likely N-dealkylation sites (tertiary alicyclic amines) is 1. The van der Waals surface area contributed by atoms with Crippen LogP contribution in [0.25, 0.3) is 0 Å². The van der Waals surface area contributed by atoms with Gasteiger partial charge in [0.2, 0.25) is 0 Å². The van der Waals surface area contributed by atoms with Gasteiger partial charge in [-0.1, -0.05) is 0 Å². The maximum Gasteiger partial charge on any atom is 0.0597 e. The normalized spacial score (nSPS) is 21.9. The second-order valence-electron chi connectivity index (χ2n) is 4.96. The minimum absolute atomic E-state index is 0.655. The Morgan fingerprint density at radius 2 is 2.35 bits per heavy atom. The smallest absolute Gasteiger partial charge is 0.0597 e. The summed E-state index contributed by atoms with van der Waals surface area (Å²) in [7, 11) is 2.06. The van der Waals surface area contributed by atoms with Gasteiger partial charge in [0, 0.05) is 25.7 Å². The zero-order valence-electron chi connectivity index (χ0n) is 11.2. The molecule has 1 atom stereocenters. The first kappa shape index (κ1) is 12.6. The molecule has 0 radical (unpaired) electrons. The number of piperidine rings is 1. The topological polar surface area (TPSA) is 33.1 Å². The predicted molar refractivity (Wildman–Crippen MR) is 70.0 cm³/mol. The maximum atomic E-state index is 4.51. The number of rotatable bonds is 4. The van der Waals surface area contributed by atoms with Crippen LogP contribution in [0.2, 0.25) is 0 Å². The molecule has 1 N–H and O–H groups in total. The molecule has 1 fully saturated rings. The highest BCUT2D eigenvalue weighted by atomic mass is 15.3. The number of aromatic nitrogens is 2. The number of hydrogen-bond donors (Lipinski definition) is 1. The molecule has 4 nitrogen and oxygen atoms in total. The summed E-state index contributed by atoms with van der Waals surface area (Å²) in [6.07, 6.45) is 2.60. The van der Waals surface area contributed by atoms with Crippen LogP contribution in [0.15, 0.2) is 6.07 Å². The molecule has 0 aromatic carbocycles. The largest absolute Gasteiger partial charge is 0.316 e. The van der Waals surface area contributed by atoms with Crippen LogP contribution in [0.1, 0.15) is 31.2 Å². The molecule has 4 heteroatoms. The molecule has 1 saturated heterocycles. The monoisotopic (exact) mass is 236 g/mol. The fraction of sp³-hybridized carbons (Fsp3) is 0.769. The first-order valence-corrected chi connectivity index (χ1v) is 6.66. The van der Waals surface area contributed by atoms with Crippen molar-refractivity contribution in [3.63, 3.8) is 0 Å². The summed E-state index contributed by atoms with van der Waals surface area (Å²) in [6, 6.07) is 2.87. The van der Waals surface area contributed by atoms with Crippen molar-refractivity contribution in [3.05, 3.63) is 17.5 Å². The lowest BCUT2D eigenvalue weighted by molar-refractivity contribution is 0.183. The molecule has 0 bridgehead atoms. The van der Waals surface area contributed by atoms with E-state index in [1.807, 2.05) is 0 Å². The molecule has 1 aromatic rings. The number of nitrogens with one attached hydrogen (secondary N) is 1. The summed E-state index contributed by atoms with van der Waals surface area (Å²) in [4.78, 5) is 2.54. The van der Waals surface area contributed by atoms with Gasteiger partial charge in [-0.05, 0) is 46.3 Å². The van der Waals surface area contributed by atoms with E-state index in [-0.39, 0.29) is 0 Å². The summed E-state index contributed by atoms with van der Waals surface area (Å²) in [6.45, 7) is 8.60. The third-order valence-corrected chi connectivity index (χ3v) is 3.58. The highest BCUT2D eigenvalue weighted by molar-refractivity contribution is 5.09. The van der Waals surface area contributed by atoms with Crippen LogP contribution < -0.4 is 5.32 Å². The van der Waals surface area contributed by atoms with Gasteiger partial charge < -0.3 is 5.32 Å². The second-order valence-corrected chi connectivity index (χ2v) is 4.96. The average Bonchev–Trinajstić information content (AvgIpc) is 2.69. The van der Waals surface area contributed by atoms with E-state index in [9.17, 15) is 0 Å². The van der Waals surface area contributed by atoms with Crippen LogP contribution in [-0.2, 0) is 13.1 Å². The van der Waals surface area contributed by atoms with Crippen LogP contribution in [0, 0.1) is 6.92 Å². The van der Waals surface area contributed by atoms with Crippen molar-refractivity contribution in [2.75, 3.05) is 20.1 Å². The quantitative estimate of drug-likeness (QED) is 0.858. The molecule has 1 aliphatic heterocycles. The Morgan fingerprint density at radius 1 is 1.53 bits per heavy atom. The van der Waals surface area contributed by atoms with E-state index in [1.54, 1.807) is 0 Å². The van der Waals surface area contributed by atoms with Crippen LogP contribution >= 0.6 is 0 Å². The standard InChI is InChI=1S/C13H24N4/c1-4-17-13(8-11(2)15-17)10-16-7-5-6-12(9-16)14-3/h8,12,14H,4-7,9-10H2,1-3H3. The van der Waals surface area contributed by atoms with Crippen molar-refractivity contribution in [2.45, 2.75) is 45.8 Å². The molecule has 0 saturated carbocycles. The number of hydrogen-bond acceptors (Lipinski definition) is 3. The lowest BCUT2D eigenvalue weighted by Crippen LogP contribution is -2.44. The fourth-order valence-corrected chi connectivity index (χ4v) is 2.66. The highest BCUT2D eigenvalue weighted by Gasteiger charge is 2.19. The van der Waals surface area contributed by atoms with Crippen molar-refractivity contribution in [2.24, 2.45) is 0 Å². The van der Waals surface area contributed by atoms with Crippen LogP contribution in [0.3, 0.4) is 0 Å². The highest BCUT2D eigenvalue weighted by Crippen LogP contribution is 2.14. The number of nitrogens with zero attached hydrogens (tertiary/aromatic N) is 3. The predicted octanol–water partition coefficient (Wildman–Crippen LogP) is 1.40. The average molecular weight is 236 g/mol. The first-order valence-electron chi connectivity index (χ1n) is 6.66. The molecular weight excluding hydrogens is 212 g/mol. The Hall–Kier alpha value is -0.870. The third-order valence-electron chi connectivity index (χ3n) is 3.58. The van der Waals surface area contributed by atoms with E-state index in [0.717, 1.165) is 25.3 Å². The lowest BCUT2D eigenvalue weighted by Gasteiger charge is -2.32. The molecular formula is C13H24N4. The molecule has 17 heavy (non-hydrogen) atoms. The Morgan fingerprint density at radius 3 is 3.06 bits per heavy atom. The molecule has 0 aliphatic carbocycles. The van der Waals surface area contributed by atoms with Gasteiger partial charge in [-0.25, -0.2) is 0 Å². The van der Waals surface area contributed by atoms with E-state index in [4.69, 9.17) is 0 Å². The Labute approximate surface area is 104 Å². The molecule has 2 heterocycles. The Kier molecular flexibility index (Phi) is 4.18. The van der Waals surface area contributed by atoms with Gasteiger partial charge in [0.1, 0.15) is 0 Å². The van der Waals surface area contributed by atoms with Gasteiger partial charge in [0.05, 0.1) is 11.4 Å². The molecule has 96 valence electrons. The minimum Gasteiger partial charge on any atom is -0.316 e. The summed E-state index contributed by atoms with van der Waals surface area (Å²) in [5, 5.41) is 7.90. The molecule has 1 aliphatic rings. The van der Waals surface area contributed by atoms with Gasteiger partial charge in [-0.3, -0.25) is 9.58 Å². The van der Waals surface area contributed by atoms with Crippen LogP contribution in [0.5, 0.6) is 0 Å². The lowest BCUT2D eigenvalue weighted by atomic mass is 10.1. The first-order chi connectivity index (χ1) is 8.22. The van der Waals surface area contributed by atoms with Crippen molar-refractivity contribution in [1.29, 1.82) is 0 Å². The number of likely N-dealkylation sites (N-methyl/N-ethyl adjacent to an activating group) is 1. The SMILES string of the molecule is CCn1nc(C)cc1CN1CCCC(NC)C1. The van der Waals surface area contributed by atoms with Gasteiger partial charge in [-0.2, -0.15) is 5.10 Å². The Balaban J connectivity index is 1.99. The van der Waals surface area contributed by atoms with Gasteiger partial charge in [-0.15, -0.1) is 0 Å². The number of aryl methyl sites for hydroxylation is 2. The van der Waals surface area contributed by atoms with Crippen molar-refractivity contribution in [3.8, 4) is 0 Å². The molecule has 0 amide bonds. The van der Waals surface area contributed by atoms with E-state index in [1.165, 1.54) is 25.1 Å². The molecule has 0 spiro atoms. The minimum atomic E-state index is 0.655. The fourth-order valence-electron chi connectivity index (χ4n) is 2.66. The molecule has 2 rings (SSSR count). The zero-order chi connectivity index (χ0) is 12.3. The van der Waals surface area contributed by atoms with E-state index in [0.29, 0.717) is 6.04 Å².